The van der Waals surface area contributed by atoms with Crippen molar-refractivity contribution in [3.05, 3.63) is 30.4 Å². The van der Waals surface area contributed by atoms with Crippen LogP contribution >= 0.6 is 0 Å². The third kappa shape index (κ3) is 8.01. The molecular formula is C18H30N2O2. The highest BCUT2D eigenvalue weighted by Crippen LogP contribution is 2.14. The van der Waals surface area contributed by atoms with Crippen LogP contribution in [0.3, 0.4) is 0 Å². The van der Waals surface area contributed by atoms with Crippen LogP contribution in [0.1, 0.15) is 71.0 Å². The fourth-order valence-corrected chi connectivity index (χ4v) is 2.41. The van der Waals surface area contributed by atoms with E-state index in [0.29, 0.717) is 12.0 Å². The zero-order valence-electron chi connectivity index (χ0n) is 14.1. The van der Waals surface area contributed by atoms with Gasteiger partial charge in [0.25, 0.3) is 0 Å². The second kappa shape index (κ2) is 11.0. The lowest BCUT2D eigenvalue weighted by Crippen LogP contribution is -2.21. The van der Waals surface area contributed by atoms with Gasteiger partial charge in [0, 0.05) is 24.4 Å². The third-order valence-electron chi connectivity index (χ3n) is 3.73. The molecule has 0 fully saturated rings. The summed E-state index contributed by atoms with van der Waals surface area (Å²) in [6, 6.07) is 0. The minimum atomic E-state index is -0.306. The Morgan fingerprint density at radius 3 is 2.55 bits per heavy atom. The molecule has 0 saturated carbocycles. The topological polar surface area (TPSA) is 55.0 Å². The van der Waals surface area contributed by atoms with Crippen molar-refractivity contribution in [2.75, 3.05) is 0 Å². The van der Waals surface area contributed by atoms with E-state index in [9.17, 15) is 4.79 Å². The average molecular weight is 306 g/mol. The van der Waals surface area contributed by atoms with Crippen LogP contribution in [0.5, 0.6) is 0 Å². The number of imidazole rings is 1. The van der Waals surface area contributed by atoms with E-state index in [1.54, 1.807) is 19.3 Å². The number of aromatic amines is 1. The summed E-state index contributed by atoms with van der Waals surface area (Å²) in [6.07, 6.45) is 13.7. The van der Waals surface area contributed by atoms with E-state index in [0.717, 1.165) is 18.7 Å². The first-order valence-electron chi connectivity index (χ1n) is 8.48. The molecule has 0 saturated heterocycles. The number of hydrogen-bond acceptors (Lipinski definition) is 3. The molecule has 0 aliphatic rings. The molecule has 22 heavy (non-hydrogen) atoms. The van der Waals surface area contributed by atoms with E-state index < -0.39 is 0 Å². The molecule has 1 rings (SSSR count). The summed E-state index contributed by atoms with van der Waals surface area (Å²) in [6.45, 7) is 7.56. The summed E-state index contributed by atoms with van der Waals surface area (Å²) < 4.78 is 5.53. The minimum Gasteiger partial charge on any atom is -0.459 e. The number of nitrogens with zero attached hydrogens (tertiary/aromatic N) is 1. The highest BCUT2D eigenvalue weighted by atomic mass is 16.5. The molecule has 4 heteroatoms. The lowest BCUT2D eigenvalue weighted by Gasteiger charge is -2.17. The molecular weight excluding hydrogens is 276 g/mol. The molecule has 0 radical (unpaired) electrons. The molecule has 1 aromatic heterocycles. The van der Waals surface area contributed by atoms with Crippen LogP contribution in [0.25, 0.3) is 0 Å². The molecule has 0 aliphatic carbocycles. The van der Waals surface area contributed by atoms with Crippen molar-refractivity contribution in [3.8, 4) is 0 Å². The zero-order chi connectivity index (χ0) is 16.2. The van der Waals surface area contributed by atoms with Crippen molar-refractivity contribution in [1.29, 1.82) is 0 Å². The Balaban J connectivity index is 2.31. The van der Waals surface area contributed by atoms with Crippen molar-refractivity contribution < 1.29 is 9.53 Å². The number of hydrogen-bond donors (Lipinski definition) is 1. The molecule has 1 atom stereocenters. The summed E-state index contributed by atoms with van der Waals surface area (Å²) >= 11 is 0. The van der Waals surface area contributed by atoms with Crippen LogP contribution in [-0.2, 0) is 16.0 Å². The van der Waals surface area contributed by atoms with Crippen LogP contribution < -0.4 is 0 Å². The van der Waals surface area contributed by atoms with Gasteiger partial charge in [-0.1, -0.05) is 52.0 Å². The number of esters is 1. The lowest BCUT2D eigenvalue weighted by atomic mass is 10.0. The standard InChI is InChI=1S/C18H30N2O2/c1-4-5-6-7-8-9-10-11-16(22-18(21)15(2)3)14-17-19-12-13-20-17/h12-13,16H,2,4-11,14H2,1,3H3,(H,19,20). The van der Waals surface area contributed by atoms with E-state index in [4.69, 9.17) is 4.74 Å². The largest absolute Gasteiger partial charge is 0.459 e. The average Bonchev–Trinajstić information content (AvgIpc) is 2.98. The van der Waals surface area contributed by atoms with Gasteiger partial charge >= 0.3 is 5.97 Å². The number of unbranched alkanes of at least 4 members (excludes halogenated alkanes) is 6. The second-order valence-corrected chi connectivity index (χ2v) is 5.96. The summed E-state index contributed by atoms with van der Waals surface area (Å²) in [4.78, 5) is 19.0. The van der Waals surface area contributed by atoms with E-state index in [1.807, 2.05) is 0 Å². The monoisotopic (exact) mass is 306 g/mol. The van der Waals surface area contributed by atoms with Gasteiger partial charge in [0.1, 0.15) is 11.9 Å². The number of rotatable bonds is 12. The molecule has 1 aromatic rings. The van der Waals surface area contributed by atoms with Gasteiger partial charge in [-0.25, -0.2) is 9.78 Å². The Morgan fingerprint density at radius 1 is 1.27 bits per heavy atom. The van der Waals surface area contributed by atoms with Gasteiger partial charge in [-0.05, 0) is 19.8 Å². The summed E-state index contributed by atoms with van der Waals surface area (Å²) in [5, 5.41) is 0. The summed E-state index contributed by atoms with van der Waals surface area (Å²) in [5.74, 6) is 0.557. The number of carbonyl (C=O) groups excluding carboxylic acids is 1. The van der Waals surface area contributed by atoms with Crippen molar-refractivity contribution >= 4 is 5.97 Å². The summed E-state index contributed by atoms with van der Waals surface area (Å²) in [7, 11) is 0. The molecule has 4 nitrogen and oxygen atoms in total. The van der Waals surface area contributed by atoms with Crippen molar-refractivity contribution in [2.45, 2.75) is 77.7 Å². The fraction of sp³-hybridized carbons (Fsp3) is 0.667. The molecule has 0 spiro atoms. The van der Waals surface area contributed by atoms with Gasteiger partial charge in [-0.15, -0.1) is 0 Å². The predicted molar refractivity (Wildman–Crippen MR) is 89.6 cm³/mol. The van der Waals surface area contributed by atoms with E-state index >= 15 is 0 Å². The van der Waals surface area contributed by atoms with E-state index in [1.165, 1.54) is 38.5 Å². The van der Waals surface area contributed by atoms with Crippen molar-refractivity contribution in [1.82, 2.24) is 9.97 Å². The molecule has 0 aromatic carbocycles. The highest BCUT2D eigenvalue weighted by Gasteiger charge is 2.16. The fourth-order valence-electron chi connectivity index (χ4n) is 2.41. The maximum atomic E-state index is 11.7. The first kappa shape index (κ1) is 18.5. The molecule has 0 bridgehead atoms. The number of nitrogens with one attached hydrogen (secondary N) is 1. The maximum absolute atomic E-state index is 11.7. The van der Waals surface area contributed by atoms with Gasteiger partial charge in [-0.3, -0.25) is 0 Å². The van der Waals surface area contributed by atoms with Crippen LogP contribution in [0.2, 0.25) is 0 Å². The summed E-state index contributed by atoms with van der Waals surface area (Å²) in [5.41, 5.74) is 0.448. The van der Waals surface area contributed by atoms with Gasteiger partial charge in [-0.2, -0.15) is 0 Å². The Kier molecular flexibility index (Phi) is 9.28. The normalized spacial score (nSPS) is 12.1. The number of H-pyrrole nitrogens is 1. The van der Waals surface area contributed by atoms with Crippen LogP contribution in [0, 0.1) is 0 Å². The first-order valence-corrected chi connectivity index (χ1v) is 8.48. The Bertz CT molecular complexity index is 426. The second-order valence-electron chi connectivity index (χ2n) is 5.96. The number of carbonyl (C=O) groups is 1. The van der Waals surface area contributed by atoms with E-state index in [-0.39, 0.29) is 12.1 Å². The third-order valence-corrected chi connectivity index (χ3v) is 3.73. The lowest BCUT2D eigenvalue weighted by molar-refractivity contribution is -0.144. The Labute approximate surface area is 134 Å². The van der Waals surface area contributed by atoms with Gasteiger partial charge in [0.05, 0.1) is 0 Å². The van der Waals surface area contributed by atoms with Gasteiger partial charge in [0.15, 0.2) is 0 Å². The molecule has 1 N–H and O–H groups in total. The number of aromatic nitrogens is 2. The minimum absolute atomic E-state index is 0.119. The predicted octanol–water partition coefficient (Wildman–Crippen LogP) is 4.58. The smallest absolute Gasteiger partial charge is 0.333 e. The van der Waals surface area contributed by atoms with Gasteiger partial charge < -0.3 is 9.72 Å². The Hall–Kier alpha value is -1.58. The molecule has 124 valence electrons. The van der Waals surface area contributed by atoms with E-state index in [2.05, 4.69) is 23.5 Å². The van der Waals surface area contributed by atoms with Gasteiger partial charge in [0.2, 0.25) is 0 Å². The Morgan fingerprint density at radius 2 is 1.95 bits per heavy atom. The first-order chi connectivity index (χ1) is 10.6. The van der Waals surface area contributed by atoms with Crippen LogP contribution in [-0.4, -0.2) is 22.0 Å². The molecule has 0 aliphatic heterocycles. The molecule has 1 unspecified atom stereocenters. The van der Waals surface area contributed by atoms with Crippen molar-refractivity contribution in [2.24, 2.45) is 0 Å². The highest BCUT2D eigenvalue weighted by molar-refractivity contribution is 5.87. The quantitative estimate of drug-likeness (QED) is 0.349. The van der Waals surface area contributed by atoms with Crippen molar-refractivity contribution in [3.63, 3.8) is 0 Å². The molecule has 0 amide bonds. The SMILES string of the molecule is C=C(C)C(=O)OC(CCCCCCCCC)Cc1ncc[nH]1. The maximum Gasteiger partial charge on any atom is 0.333 e. The zero-order valence-corrected chi connectivity index (χ0v) is 14.1. The molecule has 1 heterocycles. The van der Waals surface area contributed by atoms with Crippen LogP contribution in [0.15, 0.2) is 24.5 Å². The van der Waals surface area contributed by atoms with Crippen LogP contribution in [0.4, 0.5) is 0 Å². The number of ether oxygens (including phenoxy) is 1.